The lowest BCUT2D eigenvalue weighted by Gasteiger charge is -2.31. The van der Waals surface area contributed by atoms with E-state index in [1.807, 2.05) is 0 Å². The van der Waals surface area contributed by atoms with Crippen LogP contribution < -0.4 is 10.2 Å². The van der Waals surface area contributed by atoms with Crippen molar-refractivity contribution in [2.24, 2.45) is 5.92 Å². The third-order valence-corrected chi connectivity index (χ3v) is 4.20. The van der Waals surface area contributed by atoms with Crippen LogP contribution >= 0.6 is 15.9 Å². The van der Waals surface area contributed by atoms with Crippen LogP contribution in [0.4, 0.5) is 5.69 Å². The normalized spacial score (nSPS) is 13.6. The molecule has 2 nitrogen and oxygen atoms in total. The van der Waals surface area contributed by atoms with E-state index in [4.69, 9.17) is 0 Å². The lowest BCUT2D eigenvalue weighted by Crippen LogP contribution is -2.36. The summed E-state index contributed by atoms with van der Waals surface area (Å²) in [7, 11) is 2.21. The molecule has 120 valence electrons. The van der Waals surface area contributed by atoms with Crippen molar-refractivity contribution >= 4 is 21.6 Å². The van der Waals surface area contributed by atoms with Crippen LogP contribution in [0.5, 0.6) is 0 Å². The highest BCUT2D eigenvalue weighted by Gasteiger charge is 2.16. The largest absolute Gasteiger partial charge is 0.372 e. The Hall–Kier alpha value is -0.540. The van der Waals surface area contributed by atoms with Crippen LogP contribution in [0.15, 0.2) is 22.7 Å². The molecule has 1 unspecified atom stereocenters. The second-order valence-electron chi connectivity index (χ2n) is 7.47. The number of nitrogens with zero attached hydrogens (tertiary/aromatic N) is 1. The van der Waals surface area contributed by atoms with Crippen LogP contribution in [0, 0.1) is 5.92 Å². The summed E-state index contributed by atoms with van der Waals surface area (Å²) in [6.07, 6.45) is 1.21. The molecule has 0 aliphatic heterocycles. The lowest BCUT2D eigenvalue weighted by molar-refractivity contribution is 0.423. The Kier molecular flexibility index (Phi) is 6.73. The average Bonchev–Trinajstić information content (AvgIpc) is 2.34. The summed E-state index contributed by atoms with van der Waals surface area (Å²) in [6, 6.07) is 7.13. The summed E-state index contributed by atoms with van der Waals surface area (Å²) in [5, 5.41) is 3.59. The summed E-state index contributed by atoms with van der Waals surface area (Å²) in [5.41, 5.74) is 2.79. The Bertz CT molecular complexity index is 449. The summed E-state index contributed by atoms with van der Waals surface area (Å²) >= 11 is 3.60. The van der Waals surface area contributed by atoms with Crippen molar-refractivity contribution in [2.45, 2.75) is 66.1 Å². The van der Waals surface area contributed by atoms with Gasteiger partial charge in [0.05, 0.1) is 0 Å². The standard InChI is InChI=1S/C18H31BrN2/c1-13(2)10-14(3)21(7)17-9-8-16(19)11-15(17)12-20-18(4,5)6/h8-9,11,13-14,20H,10,12H2,1-7H3. The van der Waals surface area contributed by atoms with Gasteiger partial charge in [0.1, 0.15) is 0 Å². The first-order valence-corrected chi connectivity index (χ1v) is 8.65. The van der Waals surface area contributed by atoms with Gasteiger partial charge in [-0.05, 0) is 63.8 Å². The topological polar surface area (TPSA) is 15.3 Å². The monoisotopic (exact) mass is 354 g/mol. The van der Waals surface area contributed by atoms with E-state index >= 15 is 0 Å². The zero-order valence-corrected chi connectivity index (χ0v) is 16.2. The van der Waals surface area contributed by atoms with Crippen LogP contribution in [0.3, 0.4) is 0 Å². The molecule has 0 saturated carbocycles. The average molecular weight is 355 g/mol. The molecule has 0 spiro atoms. The molecule has 0 saturated heterocycles. The van der Waals surface area contributed by atoms with Gasteiger partial charge in [-0.15, -0.1) is 0 Å². The minimum Gasteiger partial charge on any atom is -0.372 e. The zero-order valence-electron chi connectivity index (χ0n) is 14.6. The van der Waals surface area contributed by atoms with E-state index in [-0.39, 0.29) is 5.54 Å². The molecule has 1 rings (SSSR count). The van der Waals surface area contributed by atoms with E-state index in [9.17, 15) is 0 Å². The van der Waals surface area contributed by atoms with Crippen LogP contribution in [0.1, 0.15) is 53.5 Å². The van der Waals surface area contributed by atoms with Gasteiger partial charge in [0.25, 0.3) is 0 Å². The molecule has 3 heteroatoms. The van der Waals surface area contributed by atoms with Gasteiger partial charge in [0.15, 0.2) is 0 Å². The Morgan fingerprint density at radius 1 is 1.19 bits per heavy atom. The van der Waals surface area contributed by atoms with Crippen LogP contribution in [0.25, 0.3) is 0 Å². The Morgan fingerprint density at radius 2 is 1.81 bits per heavy atom. The molecule has 0 aliphatic carbocycles. The molecule has 0 aromatic heterocycles. The molecule has 0 fully saturated rings. The van der Waals surface area contributed by atoms with Crippen LogP contribution in [-0.4, -0.2) is 18.6 Å². The highest BCUT2D eigenvalue weighted by atomic mass is 79.9. The molecule has 0 amide bonds. The quantitative estimate of drug-likeness (QED) is 0.754. The lowest BCUT2D eigenvalue weighted by atomic mass is 10.0. The molecule has 0 bridgehead atoms. The van der Waals surface area contributed by atoms with Gasteiger partial charge in [0, 0.05) is 35.3 Å². The number of hydrogen-bond acceptors (Lipinski definition) is 2. The number of rotatable bonds is 6. The van der Waals surface area contributed by atoms with Gasteiger partial charge in [-0.1, -0.05) is 29.8 Å². The number of halogens is 1. The van der Waals surface area contributed by atoms with Crippen molar-refractivity contribution in [2.75, 3.05) is 11.9 Å². The van der Waals surface area contributed by atoms with Crippen molar-refractivity contribution < 1.29 is 0 Å². The molecule has 1 aromatic carbocycles. The van der Waals surface area contributed by atoms with Crippen LogP contribution in [-0.2, 0) is 6.54 Å². The fourth-order valence-electron chi connectivity index (χ4n) is 2.48. The highest BCUT2D eigenvalue weighted by Crippen LogP contribution is 2.27. The molecule has 0 radical (unpaired) electrons. The molecule has 1 aromatic rings. The molecule has 21 heavy (non-hydrogen) atoms. The SMILES string of the molecule is CC(C)CC(C)N(C)c1ccc(Br)cc1CNC(C)(C)C. The van der Waals surface area contributed by atoms with Gasteiger partial charge in [-0.3, -0.25) is 0 Å². The van der Waals surface area contributed by atoms with Gasteiger partial charge in [-0.25, -0.2) is 0 Å². The van der Waals surface area contributed by atoms with Crippen LogP contribution in [0.2, 0.25) is 0 Å². The number of hydrogen-bond donors (Lipinski definition) is 1. The van der Waals surface area contributed by atoms with Gasteiger partial charge >= 0.3 is 0 Å². The van der Waals surface area contributed by atoms with Crippen molar-refractivity contribution in [1.82, 2.24) is 5.32 Å². The Morgan fingerprint density at radius 3 is 2.33 bits per heavy atom. The number of benzene rings is 1. The maximum absolute atomic E-state index is 3.60. The minimum atomic E-state index is 0.127. The molecule has 0 aliphatic rings. The smallest absolute Gasteiger partial charge is 0.0412 e. The number of nitrogens with one attached hydrogen (secondary N) is 1. The molecule has 1 atom stereocenters. The van der Waals surface area contributed by atoms with E-state index in [1.54, 1.807) is 0 Å². The predicted octanol–water partition coefficient (Wildman–Crippen LogP) is 5.21. The highest BCUT2D eigenvalue weighted by molar-refractivity contribution is 9.10. The van der Waals surface area contributed by atoms with Crippen molar-refractivity contribution in [3.05, 3.63) is 28.2 Å². The molecule has 0 heterocycles. The fourth-order valence-corrected chi connectivity index (χ4v) is 2.89. The second-order valence-corrected chi connectivity index (χ2v) is 8.38. The molecule has 1 N–H and O–H groups in total. The predicted molar refractivity (Wildman–Crippen MR) is 98.1 cm³/mol. The Labute approximate surface area is 139 Å². The van der Waals surface area contributed by atoms with E-state index in [0.29, 0.717) is 12.0 Å². The third kappa shape index (κ3) is 6.39. The zero-order chi connectivity index (χ0) is 16.2. The maximum atomic E-state index is 3.60. The van der Waals surface area contributed by atoms with Gasteiger partial charge < -0.3 is 10.2 Å². The summed E-state index contributed by atoms with van der Waals surface area (Å²) in [4.78, 5) is 2.41. The van der Waals surface area contributed by atoms with Crippen molar-refractivity contribution in [3.63, 3.8) is 0 Å². The van der Waals surface area contributed by atoms with E-state index in [1.165, 1.54) is 17.7 Å². The first-order chi connectivity index (χ1) is 9.60. The summed E-state index contributed by atoms with van der Waals surface area (Å²) < 4.78 is 1.14. The van der Waals surface area contributed by atoms with E-state index in [2.05, 4.69) is 92.9 Å². The van der Waals surface area contributed by atoms with E-state index < -0.39 is 0 Å². The summed E-state index contributed by atoms with van der Waals surface area (Å²) in [6.45, 7) is 14.4. The Balaban J connectivity index is 2.95. The second kappa shape index (κ2) is 7.64. The fraction of sp³-hybridized carbons (Fsp3) is 0.667. The van der Waals surface area contributed by atoms with Gasteiger partial charge in [0.2, 0.25) is 0 Å². The molecular formula is C18H31BrN2. The van der Waals surface area contributed by atoms with Crippen molar-refractivity contribution in [3.8, 4) is 0 Å². The minimum absolute atomic E-state index is 0.127. The maximum Gasteiger partial charge on any atom is 0.0412 e. The first-order valence-electron chi connectivity index (χ1n) is 7.86. The summed E-state index contributed by atoms with van der Waals surface area (Å²) in [5.74, 6) is 0.717. The van der Waals surface area contributed by atoms with E-state index in [0.717, 1.165) is 11.0 Å². The first kappa shape index (κ1) is 18.5. The van der Waals surface area contributed by atoms with Gasteiger partial charge in [-0.2, -0.15) is 0 Å². The van der Waals surface area contributed by atoms with Crippen molar-refractivity contribution in [1.29, 1.82) is 0 Å². The number of anilines is 1. The molecular weight excluding hydrogens is 324 g/mol. The third-order valence-electron chi connectivity index (χ3n) is 3.70.